The van der Waals surface area contributed by atoms with Gasteiger partial charge in [-0.3, -0.25) is 9.59 Å². The molecule has 4 nitrogen and oxygen atoms in total. The van der Waals surface area contributed by atoms with Crippen LogP contribution in [0, 0.1) is 12.8 Å². The minimum absolute atomic E-state index is 0.0234. The van der Waals surface area contributed by atoms with E-state index in [2.05, 4.69) is 15.9 Å². The number of primary amides is 1. The van der Waals surface area contributed by atoms with Crippen molar-refractivity contribution in [3.8, 4) is 0 Å². The lowest BCUT2D eigenvalue weighted by atomic mass is 9.96. The summed E-state index contributed by atoms with van der Waals surface area (Å²) in [6, 6.07) is 5.57. The van der Waals surface area contributed by atoms with Gasteiger partial charge in [0, 0.05) is 23.1 Å². The normalized spacial score (nSPS) is 19.3. The van der Waals surface area contributed by atoms with Crippen LogP contribution in [0.25, 0.3) is 0 Å². The van der Waals surface area contributed by atoms with Crippen molar-refractivity contribution in [1.82, 2.24) is 4.90 Å². The molecule has 1 fully saturated rings. The Hall–Kier alpha value is -1.36. The molecule has 1 saturated heterocycles. The molecule has 19 heavy (non-hydrogen) atoms. The summed E-state index contributed by atoms with van der Waals surface area (Å²) in [7, 11) is 0. The first kappa shape index (κ1) is 14.1. The standard InChI is InChI=1S/C14H17BrN2O2/c1-9-11(5-2-6-12(9)15)14(19)17-7-3-4-10(8-17)13(16)18/h2,5-6,10H,3-4,7-8H2,1H3,(H2,16,18). The van der Waals surface area contributed by atoms with Gasteiger partial charge in [0.25, 0.3) is 5.91 Å². The van der Waals surface area contributed by atoms with E-state index in [-0.39, 0.29) is 17.7 Å². The van der Waals surface area contributed by atoms with Crippen LogP contribution in [-0.2, 0) is 4.79 Å². The predicted molar refractivity (Wildman–Crippen MR) is 76.7 cm³/mol. The van der Waals surface area contributed by atoms with Crippen LogP contribution >= 0.6 is 15.9 Å². The molecule has 1 aliphatic heterocycles. The highest BCUT2D eigenvalue weighted by Gasteiger charge is 2.28. The second-order valence-electron chi connectivity index (χ2n) is 4.91. The number of halogens is 1. The van der Waals surface area contributed by atoms with Crippen molar-refractivity contribution in [3.05, 3.63) is 33.8 Å². The van der Waals surface area contributed by atoms with Crippen LogP contribution in [0.2, 0.25) is 0 Å². The summed E-state index contributed by atoms with van der Waals surface area (Å²) in [6.45, 7) is 3.03. The average Bonchev–Trinajstić information content (AvgIpc) is 2.41. The number of amides is 2. The lowest BCUT2D eigenvalue weighted by Crippen LogP contribution is -2.44. The lowest BCUT2D eigenvalue weighted by molar-refractivity contribution is -0.123. The van der Waals surface area contributed by atoms with Gasteiger partial charge in [-0.1, -0.05) is 22.0 Å². The first-order chi connectivity index (χ1) is 9.00. The molecule has 2 amide bonds. The summed E-state index contributed by atoms with van der Waals surface area (Å²) in [5.41, 5.74) is 6.94. The van der Waals surface area contributed by atoms with Gasteiger partial charge in [0.05, 0.1) is 5.92 Å². The van der Waals surface area contributed by atoms with Crippen molar-refractivity contribution in [2.24, 2.45) is 11.7 Å². The maximum absolute atomic E-state index is 12.5. The minimum atomic E-state index is -0.316. The number of hydrogen-bond acceptors (Lipinski definition) is 2. The number of benzene rings is 1. The molecule has 1 aromatic carbocycles. The van der Waals surface area contributed by atoms with Gasteiger partial charge in [0.2, 0.25) is 5.91 Å². The van der Waals surface area contributed by atoms with Crippen molar-refractivity contribution in [2.45, 2.75) is 19.8 Å². The summed E-state index contributed by atoms with van der Waals surface area (Å²) in [4.78, 5) is 25.5. The molecule has 1 unspecified atom stereocenters. The quantitative estimate of drug-likeness (QED) is 0.905. The molecular weight excluding hydrogens is 308 g/mol. The zero-order chi connectivity index (χ0) is 14.0. The second-order valence-corrected chi connectivity index (χ2v) is 5.76. The van der Waals surface area contributed by atoms with Gasteiger partial charge in [0.1, 0.15) is 0 Å². The lowest BCUT2D eigenvalue weighted by Gasteiger charge is -2.31. The van der Waals surface area contributed by atoms with E-state index in [1.165, 1.54) is 0 Å². The number of carbonyl (C=O) groups excluding carboxylic acids is 2. The Labute approximate surface area is 121 Å². The Morgan fingerprint density at radius 3 is 2.84 bits per heavy atom. The minimum Gasteiger partial charge on any atom is -0.369 e. The smallest absolute Gasteiger partial charge is 0.254 e. The Bertz CT molecular complexity index is 516. The van der Waals surface area contributed by atoms with Crippen molar-refractivity contribution in [2.75, 3.05) is 13.1 Å². The van der Waals surface area contributed by atoms with E-state index in [1.807, 2.05) is 25.1 Å². The molecule has 1 aliphatic rings. The van der Waals surface area contributed by atoms with E-state index in [9.17, 15) is 9.59 Å². The fourth-order valence-corrected chi connectivity index (χ4v) is 2.77. The average molecular weight is 325 g/mol. The molecule has 1 aromatic rings. The van der Waals surface area contributed by atoms with Gasteiger partial charge in [-0.25, -0.2) is 0 Å². The molecular formula is C14H17BrN2O2. The van der Waals surface area contributed by atoms with Gasteiger partial charge < -0.3 is 10.6 Å². The SMILES string of the molecule is Cc1c(Br)cccc1C(=O)N1CCCC(C(N)=O)C1. The first-order valence-corrected chi connectivity index (χ1v) is 7.13. The van der Waals surface area contributed by atoms with E-state index >= 15 is 0 Å². The molecule has 0 aliphatic carbocycles. The third-order valence-electron chi connectivity index (χ3n) is 3.61. The van der Waals surface area contributed by atoms with E-state index in [1.54, 1.807) is 4.90 Å². The summed E-state index contributed by atoms with van der Waals surface area (Å²) in [6.07, 6.45) is 1.60. The van der Waals surface area contributed by atoms with E-state index < -0.39 is 0 Å². The van der Waals surface area contributed by atoms with Crippen molar-refractivity contribution in [3.63, 3.8) is 0 Å². The fraction of sp³-hybridized carbons (Fsp3) is 0.429. The van der Waals surface area contributed by atoms with Gasteiger partial charge in [-0.05, 0) is 37.5 Å². The number of nitrogens with zero attached hydrogens (tertiary/aromatic N) is 1. The number of carbonyl (C=O) groups is 2. The van der Waals surface area contributed by atoms with Crippen LogP contribution in [-0.4, -0.2) is 29.8 Å². The summed E-state index contributed by atoms with van der Waals surface area (Å²) in [5.74, 6) is -0.557. The number of rotatable bonds is 2. The second kappa shape index (κ2) is 5.74. The Kier molecular flexibility index (Phi) is 4.24. The first-order valence-electron chi connectivity index (χ1n) is 6.34. The van der Waals surface area contributed by atoms with Crippen LogP contribution in [0.3, 0.4) is 0 Å². The number of likely N-dealkylation sites (tertiary alicyclic amines) is 1. The highest BCUT2D eigenvalue weighted by molar-refractivity contribution is 9.10. The van der Waals surface area contributed by atoms with Crippen LogP contribution < -0.4 is 5.73 Å². The molecule has 0 bridgehead atoms. The van der Waals surface area contributed by atoms with Crippen molar-refractivity contribution >= 4 is 27.7 Å². The highest BCUT2D eigenvalue weighted by atomic mass is 79.9. The molecule has 2 rings (SSSR count). The zero-order valence-electron chi connectivity index (χ0n) is 10.9. The van der Waals surface area contributed by atoms with Crippen molar-refractivity contribution in [1.29, 1.82) is 0 Å². The predicted octanol–water partition coefficient (Wildman–Crippen LogP) is 2.10. The maximum atomic E-state index is 12.5. The highest BCUT2D eigenvalue weighted by Crippen LogP contribution is 2.23. The zero-order valence-corrected chi connectivity index (χ0v) is 12.4. The molecule has 5 heteroatoms. The summed E-state index contributed by atoms with van der Waals surface area (Å²) in [5, 5.41) is 0. The molecule has 1 heterocycles. The summed E-state index contributed by atoms with van der Waals surface area (Å²) >= 11 is 3.43. The molecule has 1 atom stereocenters. The Morgan fingerprint density at radius 1 is 1.42 bits per heavy atom. The number of nitrogens with two attached hydrogens (primary N) is 1. The Morgan fingerprint density at radius 2 is 2.16 bits per heavy atom. The third kappa shape index (κ3) is 2.97. The fourth-order valence-electron chi connectivity index (χ4n) is 2.40. The maximum Gasteiger partial charge on any atom is 0.254 e. The third-order valence-corrected chi connectivity index (χ3v) is 4.47. The largest absolute Gasteiger partial charge is 0.369 e. The van der Waals surface area contributed by atoms with Crippen LogP contribution in [0.15, 0.2) is 22.7 Å². The molecule has 0 radical (unpaired) electrons. The van der Waals surface area contributed by atoms with Crippen LogP contribution in [0.5, 0.6) is 0 Å². The van der Waals surface area contributed by atoms with Crippen LogP contribution in [0.1, 0.15) is 28.8 Å². The Balaban J connectivity index is 2.19. The molecule has 2 N–H and O–H groups in total. The van der Waals surface area contributed by atoms with E-state index in [0.717, 1.165) is 22.9 Å². The van der Waals surface area contributed by atoms with Crippen LogP contribution in [0.4, 0.5) is 0 Å². The van der Waals surface area contributed by atoms with Crippen molar-refractivity contribution < 1.29 is 9.59 Å². The monoisotopic (exact) mass is 324 g/mol. The summed E-state index contributed by atoms with van der Waals surface area (Å²) < 4.78 is 0.918. The molecule has 0 aromatic heterocycles. The molecule has 0 spiro atoms. The topological polar surface area (TPSA) is 63.4 Å². The van der Waals surface area contributed by atoms with Gasteiger partial charge >= 0.3 is 0 Å². The van der Waals surface area contributed by atoms with Gasteiger partial charge in [-0.2, -0.15) is 0 Å². The molecule has 102 valence electrons. The van der Waals surface area contributed by atoms with E-state index in [0.29, 0.717) is 18.7 Å². The number of piperidine rings is 1. The van der Waals surface area contributed by atoms with Gasteiger partial charge in [0.15, 0.2) is 0 Å². The van der Waals surface area contributed by atoms with Gasteiger partial charge in [-0.15, -0.1) is 0 Å². The van der Waals surface area contributed by atoms with E-state index in [4.69, 9.17) is 5.73 Å². The molecule has 0 saturated carbocycles. The number of hydrogen-bond donors (Lipinski definition) is 1.